The van der Waals surface area contributed by atoms with Crippen molar-refractivity contribution in [1.82, 2.24) is 15.0 Å². The van der Waals surface area contributed by atoms with E-state index >= 15 is 0 Å². The first-order chi connectivity index (χ1) is 8.31. The summed E-state index contributed by atoms with van der Waals surface area (Å²) in [5.74, 6) is -0.504. The van der Waals surface area contributed by atoms with E-state index in [1.807, 2.05) is 0 Å². The van der Waals surface area contributed by atoms with E-state index < -0.39 is 5.97 Å². The topological polar surface area (TPSA) is 87.3 Å². The van der Waals surface area contributed by atoms with Gasteiger partial charge in [-0.1, -0.05) is 0 Å². The molecule has 0 saturated carbocycles. The van der Waals surface area contributed by atoms with Crippen LogP contribution in [-0.4, -0.2) is 28.0 Å². The van der Waals surface area contributed by atoms with Crippen LogP contribution in [0.5, 0.6) is 5.88 Å². The maximum Gasteiger partial charge on any atom is 0.362 e. The molecule has 0 N–H and O–H groups in total. The van der Waals surface area contributed by atoms with E-state index in [-0.39, 0.29) is 18.2 Å². The number of hydrogen-bond donors (Lipinski definition) is 0. The second-order valence-electron chi connectivity index (χ2n) is 2.97. The van der Waals surface area contributed by atoms with E-state index in [1.54, 1.807) is 0 Å². The van der Waals surface area contributed by atoms with E-state index in [0.717, 1.165) is 0 Å². The van der Waals surface area contributed by atoms with E-state index in [0.29, 0.717) is 5.69 Å². The highest BCUT2D eigenvalue weighted by Gasteiger charge is 2.16. The van der Waals surface area contributed by atoms with Crippen molar-refractivity contribution in [3.63, 3.8) is 0 Å². The van der Waals surface area contributed by atoms with Gasteiger partial charge in [0.2, 0.25) is 11.6 Å². The van der Waals surface area contributed by atoms with Crippen LogP contribution in [0.1, 0.15) is 16.2 Å². The SMILES string of the molecule is COC(=O)c1nccnc1OCc1cocn1. The van der Waals surface area contributed by atoms with Gasteiger partial charge in [0.05, 0.1) is 7.11 Å². The van der Waals surface area contributed by atoms with Crippen molar-refractivity contribution < 1.29 is 18.7 Å². The summed E-state index contributed by atoms with van der Waals surface area (Å²) in [5.41, 5.74) is 0.616. The standard InChI is InChI=1S/C10H9N3O4/c1-15-10(14)8-9(12-3-2-11-8)17-5-7-4-16-6-13-7/h2-4,6H,5H2,1H3. The minimum absolute atomic E-state index is 0.0264. The first-order valence-corrected chi connectivity index (χ1v) is 4.70. The van der Waals surface area contributed by atoms with Gasteiger partial charge >= 0.3 is 5.97 Å². The minimum atomic E-state index is -0.603. The molecule has 0 fully saturated rings. The minimum Gasteiger partial charge on any atom is -0.469 e. The summed E-state index contributed by atoms with van der Waals surface area (Å²) in [4.78, 5) is 23.0. The smallest absolute Gasteiger partial charge is 0.362 e. The molecule has 2 aromatic rings. The average Bonchev–Trinajstić information content (AvgIpc) is 2.89. The summed E-state index contributed by atoms with van der Waals surface area (Å²) in [5, 5.41) is 0. The van der Waals surface area contributed by atoms with Gasteiger partial charge in [0.15, 0.2) is 6.39 Å². The molecule has 0 aromatic carbocycles. The first-order valence-electron chi connectivity index (χ1n) is 4.70. The normalized spacial score (nSPS) is 9.94. The quantitative estimate of drug-likeness (QED) is 0.725. The third-order valence-electron chi connectivity index (χ3n) is 1.88. The monoisotopic (exact) mass is 235 g/mol. The molecule has 0 unspecified atom stereocenters. The highest BCUT2D eigenvalue weighted by molar-refractivity contribution is 5.89. The fourth-order valence-corrected chi connectivity index (χ4v) is 1.12. The summed E-state index contributed by atoms with van der Waals surface area (Å²) in [6, 6.07) is 0. The zero-order valence-electron chi connectivity index (χ0n) is 8.99. The molecule has 7 heteroatoms. The third kappa shape index (κ3) is 2.57. The Morgan fingerprint density at radius 1 is 1.35 bits per heavy atom. The number of hydrogen-bond acceptors (Lipinski definition) is 7. The van der Waals surface area contributed by atoms with Crippen molar-refractivity contribution in [1.29, 1.82) is 0 Å². The summed E-state index contributed by atoms with van der Waals surface area (Å²) in [6.45, 7) is 0.138. The highest BCUT2D eigenvalue weighted by Crippen LogP contribution is 2.13. The molecule has 0 bridgehead atoms. The Kier molecular flexibility index (Phi) is 3.29. The zero-order valence-corrected chi connectivity index (χ0v) is 8.99. The molecule has 88 valence electrons. The molecule has 2 aromatic heterocycles. The number of oxazole rings is 1. The molecule has 17 heavy (non-hydrogen) atoms. The maximum atomic E-state index is 11.4. The van der Waals surface area contributed by atoms with Gasteiger partial charge in [-0.15, -0.1) is 0 Å². The van der Waals surface area contributed by atoms with E-state index in [9.17, 15) is 4.79 Å². The van der Waals surface area contributed by atoms with Gasteiger partial charge in [0.25, 0.3) is 0 Å². The lowest BCUT2D eigenvalue weighted by Gasteiger charge is -2.05. The Bertz CT molecular complexity index is 498. The van der Waals surface area contributed by atoms with E-state index in [1.165, 1.54) is 32.2 Å². The molecule has 0 saturated heterocycles. The van der Waals surface area contributed by atoms with Gasteiger partial charge in [0, 0.05) is 12.4 Å². The summed E-state index contributed by atoms with van der Waals surface area (Å²) < 4.78 is 14.6. The Labute approximate surface area is 96.4 Å². The fraction of sp³-hybridized carbons (Fsp3) is 0.200. The molecule has 2 rings (SSSR count). The molecule has 0 aliphatic heterocycles. The highest BCUT2D eigenvalue weighted by atomic mass is 16.5. The molecule has 2 heterocycles. The van der Waals surface area contributed by atoms with Crippen LogP contribution >= 0.6 is 0 Å². The number of carbonyl (C=O) groups excluding carboxylic acids is 1. The van der Waals surface area contributed by atoms with Crippen molar-refractivity contribution in [2.45, 2.75) is 6.61 Å². The second kappa shape index (κ2) is 5.06. The number of methoxy groups -OCH3 is 1. The van der Waals surface area contributed by atoms with Crippen LogP contribution in [0.2, 0.25) is 0 Å². The summed E-state index contributed by atoms with van der Waals surface area (Å²) in [7, 11) is 1.26. The van der Waals surface area contributed by atoms with Gasteiger partial charge in [0.1, 0.15) is 18.6 Å². The Hall–Kier alpha value is -2.44. The van der Waals surface area contributed by atoms with Crippen LogP contribution in [0.25, 0.3) is 0 Å². The molecule has 0 aliphatic rings. The molecule has 0 atom stereocenters. The molecule has 0 amide bonds. The second-order valence-corrected chi connectivity index (χ2v) is 2.97. The van der Waals surface area contributed by atoms with Crippen LogP contribution in [0, 0.1) is 0 Å². The summed E-state index contributed by atoms with van der Waals surface area (Å²) >= 11 is 0. The Morgan fingerprint density at radius 2 is 2.18 bits per heavy atom. The van der Waals surface area contributed by atoms with Crippen LogP contribution in [0.15, 0.2) is 29.5 Å². The lowest BCUT2D eigenvalue weighted by Crippen LogP contribution is -2.09. The predicted octanol–water partition coefficient (Wildman–Crippen LogP) is 0.830. The van der Waals surface area contributed by atoms with Crippen molar-refractivity contribution in [2.75, 3.05) is 7.11 Å². The number of nitrogens with zero attached hydrogens (tertiary/aromatic N) is 3. The molecule has 0 radical (unpaired) electrons. The fourth-order valence-electron chi connectivity index (χ4n) is 1.12. The number of carbonyl (C=O) groups is 1. The van der Waals surface area contributed by atoms with Gasteiger partial charge < -0.3 is 13.9 Å². The molecular weight excluding hydrogens is 226 g/mol. The lowest BCUT2D eigenvalue weighted by molar-refractivity contribution is 0.0587. The first kappa shape index (κ1) is 11.1. The van der Waals surface area contributed by atoms with E-state index in [2.05, 4.69) is 19.7 Å². The van der Waals surface area contributed by atoms with Gasteiger partial charge in [-0.3, -0.25) is 0 Å². The van der Waals surface area contributed by atoms with Crippen molar-refractivity contribution >= 4 is 5.97 Å². The predicted molar refractivity (Wildman–Crippen MR) is 54.2 cm³/mol. The Balaban J connectivity index is 2.12. The summed E-state index contributed by atoms with van der Waals surface area (Å²) in [6.07, 6.45) is 5.53. The lowest BCUT2D eigenvalue weighted by atomic mass is 10.4. The van der Waals surface area contributed by atoms with Crippen LogP contribution < -0.4 is 4.74 Å². The van der Waals surface area contributed by atoms with Crippen molar-refractivity contribution in [2.24, 2.45) is 0 Å². The number of esters is 1. The van der Waals surface area contributed by atoms with Crippen molar-refractivity contribution in [3.8, 4) is 5.88 Å². The van der Waals surface area contributed by atoms with Crippen LogP contribution in [0.3, 0.4) is 0 Å². The number of ether oxygens (including phenoxy) is 2. The van der Waals surface area contributed by atoms with E-state index in [4.69, 9.17) is 9.15 Å². The molecule has 0 spiro atoms. The Morgan fingerprint density at radius 3 is 2.88 bits per heavy atom. The average molecular weight is 235 g/mol. The molecule has 0 aliphatic carbocycles. The van der Waals surface area contributed by atoms with Gasteiger partial charge in [-0.25, -0.2) is 19.7 Å². The van der Waals surface area contributed by atoms with Gasteiger partial charge in [-0.05, 0) is 0 Å². The molecule has 7 nitrogen and oxygen atoms in total. The third-order valence-corrected chi connectivity index (χ3v) is 1.88. The van der Waals surface area contributed by atoms with Crippen LogP contribution in [0.4, 0.5) is 0 Å². The largest absolute Gasteiger partial charge is 0.469 e. The van der Waals surface area contributed by atoms with Crippen molar-refractivity contribution in [3.05, 3.63) is 36.4 Å². The number of aromatic nitrogens is 3. The zero-order chi connectivity index (χ0) is 12.1. The maximum absolute atomic E-state index is 11.4. The number of rotatable bonds is 4. The van der Waals surface area contributed by atoms with Crippen LogP contribution in [-0.2, 0) is 11.3 Å². The van der Waals surface area contributed by atoms with Gasteiger partial charge in [-0.2, -0.15) is 0 Å². The molecular formula is C10H9N3O4.